The van der Waals surface area contributed by atoms with Crippen LogP contribution in [0.2, 0.25) is 0 Å². The monoisotopic (exact) mass is 418 g/mol. The fraction of sp³-hybridized carbons (Fsp3) is 0.150. The number of halogens is 4. The molecule has 0 saturated heterocycles. The third-order valence-electron chi connectivity index (χ3n) is 4.48. The van der Waals surface area contributed by atoms with Gasteiger partial charge in [-0.15, -0.1) is 13.2 Å². The SMILES string of the molecule is Cn1c(=O)n(Cc2cncc(F)c2)c2cc(-c3cccc(OC(F)(F)F)c3)cnc21. The number of aromatic nitrogens is 4. The molecule has 0 radical (unpaired) electrons. The third kappa shape index (κ3) is 3.88. The summed E-state index contributed by atoms with van der Waals surface area (Å²) in [5.41, 5.74) is 1.87. The summed E-state index contributed by atoms with van der Waals surface area (Å²) in [5.74, 6) is -0.891. The average Bonchev–Trinajstić information content (AvgIpc) is 2.91. The highest BCUT2D eigenvalue weighted by Gasteiger charge is 2.31. The molecular weight excluding hydrogens is 404 g/mol. The van der Waals surface area contributed by atoms with E-state index in [1.807, 2.05) is 0 Å². The first kappa shape index (κ1) is 19.6. The molecule has 10 heteroatoms. The van der Waals surface area contributed by atoms with Crippen LogP contribution in [-0.4, -0.2) is 25.5 Å². The molecule has 3 aromatic heterocycles. The molecule has 0 spiro atoms. The van der Waals surface area contributed by atoms with Gasteiger partial charge in [-0.05, 0) is 35.4 Å². The highest BCUT2D eigenvalue weighted by Crippen LogP contribution is 2.29. The second-order valence-corrected chi connectivity index (χ2v) is 6.58. The van der Waals surface area contributed by atoms with Crippen LogP contribution in [0.5, 0.6) is 5.75 Å². The first-order chi connectivity index (χ1) is 14.2. The number of hydrogen-bond donors (Lipinski definition) is 0. The van der Waals surface area contributed by atoms with Gasteiger partial charge in [0.15, 0.2) is 5.65 Å². The predicted octanol–water partition coefficient (Wildman–Crippen LogP) is 3.88. The number of imidazole rings is 1. The molecule has 4 aromatic rings. The number of fused-ring (bicyclic) bond motifs is 1. The second kappa shape index (κ2) is 7.29. The Labute approximate surface area is 167 Å². The second-order valence-electron chi connectivity index (χ2n) is 6.58. The molecule has 1 aromatic carbocycles. The van der Waals surface area contributed by atoms with Gasteiger partial charge in [0.1, 0.15) is 11.6 Å². The number of rotatable bonds is 4. The van der Waals surface area contributed by atoms with Gasteiger partial charge in [0, 0.05) is 25.0 Å². The van der Waals surface area contributed by atoms with Gasteiger partial charge in [-0.2, -0.15) is 0 Å². The van der Waals surface area contributed by atoms with Gasteiger partial charge in [-0.25, -0.2) is 14.2 Å². The van der Waals surface area contributed by atoms with Crippen molar-refractivity contribution in [2.45, 2.75) is 12.9 Å². The number of nitrogens with zero attached hydrogens (tertiary/aromatic N) is 4. The normalized spacial score (nSPS) is 11.8. The molecule has 0 aliphatic rings. The highest BCUT2D eigenvalue weighted by molar-refractivity contribution is 5.79. The zero-order valence-corrected chi connectivity index (χ0v) is 15.5. The van der Waals surface area contributed by atoms with Gasteiger partial charge in [-0.1, -0.05) is 12.1 Å². The van der Waals surface area contributed by atoms with Crippen LogP contribution in [-0.2, 0) is 13.6 Å². The number of pyridine rings is 2. The maximum absolute atomic E-state index is 13.5. The third-order valence-corrected chi connectivity index (χ3v) is 4.48. The molecule has 0 N–H and O–H groups in total. The quantitative estimate of drug-likeness (QED) is 0.472. The molecule has 6 nitrogen and oxygen atoms in total. The number of hydrogen-bond acceptors (Lipinski definition) is 4. The van der Waals surface area contributed by atoms with E-state index in [-0.39, 0.29) is 18.0 Å². The molecule has 0 amide bonds. The van der Waals surface area contributed by atoms with Crippen molar-refractivity contribution in [3.05, 3.63) is 76.9 Å². The summed E-state index contributed by atoms with van der Waals surface area (Å²) in [6, 6.07) is 8.37. The van der Waals surface area contributed by atoms with Crippen molar-refractivity contribution in [3.8, 4) is 16.9 Å². The molecule has 0 aliphatic carbocycles. The fourth-order valence-corrected chi connectivity index (χ4v) is 3.19. The van der Waals surface area contributed by atoms with Gasteiger partial charge >= 0.3 is 12.1 Å². The first-order valence-electron chi connectivity index (χ1n) is 8.72. The van der Waals surface area contributed by atoms with Crippen molar-refractivity contribution in [3.63, 3.8) is 0 Å². The van der Waals surface area contributed by atoms with E-state index in [2.05, 4.69) is 14.7 Å². The van der Waals surface area contributed by atoms with E-state index < -0.39 is 12.2 Å². The van der Waals surface area contributed by atoms with Crippen molar-refractivity contribution in [2.75, 3.05) is 0 Å². The van der Waals surface area contributed by atoms with Crippen LogP contribution in [0.3, 0.4) is 0 Å². The molecule has 0 fully saturated rings. The minimum Gasteiger partial charge on any atom is -0.406 e. The molecule has 0 saturated carbocycles. The molecule has 30 heavy (non-hydrogen) atoms. The van der Waals surface area contributed by atoms with Crippen LogP contribution in [0.15, 0.2) is 59.8 Å². The number of aryl methyl sites for hydroxylation is 1. The summed E-state index contributed by atoms with van der Waals surface area (Å²) >= 11 is 0. The number of ether oxygens (including phenoxy) is 1. The van der Waals surface area contributed by atoms with Crippen molar-refractivity contribution in [1.82, 2.24) is 19.1 Å². The largest absolute Gasteiger partial charge is 0.573 e. The summed E-state index contributed by atoms with van der Waals surface area (Å²) in [7, 11) is 1.55. The Kier molecular flexibility index (Phi) is 4.76. The summed E-state index contributed by atoms with van der Waals surface area (Å²) in [4.78, 5) is 20.7. The Morgan fingerprint density at radius 2 is 1.87 bits per heavy atom. The van der Waals surface area contributed by atoms with Crippen LogP contribution >= 0.6 is 0 Å². The Bertz CT molecular complexity index is 1290. The Morgan fingerprint density at radius 3 is 2.60 bits per heavy atom. The summed E-state index contributed by atoms with van der Waals surface area (Å²) < 4.78 is 57.7. The average molecular weight is 418 g/mol. The summed E-state index contributed by atoms with van der Waals surface area (Å²) in [5, 5.41) is 0. The molecule has 0 bridgehead atoms. The van der Waals surface area contributed by atoms with Crippen molar-refractivity contribution >= 4 is 11.2 Å². The van der Waals surface area contributed by atoms with E-state index in [4.69, 9.17) is 0 Å². The predicted molar refractivity (Wildman–Crippen MR) is 100 cm³/mol. The first-order valence-corrected chi connectivity index (χ1v) is 8.72. The van der Waals surface area contributed by atoms with Gasteiger partial charge in [-0.3, -0.25) is 14.1 Å². The van der Waals surface area contributed by atoms with E-state index in [1.54, 1.807) is 19.2 Å². The highest BCUT2D eigenvalue weighted by atomic mass is 19.4. The number of alkyl halides is 3. The van der Waals surface area contributed by atoms with Gasteiger partial charge in [0.25, 0.3) is 0 Å². The minimum atomic E-state index is -4.81. The van der Waals surface area contributed by atoms with Crippen molar-refractivity contribution in [1.29, 1.82) is 0 Å². The van der Waals surface area contributed by atoms with Crippen molar-refractivity contribution < 1.29 is 22.3 Å². The van der Waals surface area contributed by atoms with Gasteiger partial charge in [0.2, 0.25) is 0 Å². The van der Waals surface area contributed by atoms with E-state index in [9.17, 15) is 22.4 Å². The Balaban J connectivity index is 1.79. The van der Waals surface area contributed by atoms with Crippen LogP contribution in [0, 0.1) is 5.82 Å². The van der Waals surface area contributed by atoms with Crippen molar-refractivity contribution in [2.24, 2.45) is 7.05 Å². The lowest BCUT2D eigenvalue weighted by molar-refractivity contribution is -0.274. The molecule has 0 unspecified atom stereocenters. The van der Waals surface area contributed by atoms with Crippen LogP contribution in [0.25, 0.3) is 22.3 Å². The number of benzene rings is 1. The fourth-order valence-electron chi connectivity index (χ4n) is 3.19. The van der Waals surface area contributed by atoms with Crippen LogP contribution < -0.4 is 10.4 Å². The van der Waals surface area contributed by atoms with Gasteiger partial charge < -0.3 is 4.74 Å². The molecule has 154 valence electrons. The summed E-state index contributed by atoms with van der Waals surface area (Å²) in [6.07, 6.45) is -0.836. The van der Waals surface area contributed by atoms with E-state index in [1.165, 1.54) is 45.8 Å². The maximum atomic E-state index is 13.5. The Morgan fingerprint density at radius 1 is 1.07 bits per heavy atom. The van der Waals surface area contributed by atoms with Gasteiger partial charge in [0.05, 0.1) is 18.3 Å². The molecule has 4 rings (SSSR count). The standard InChI is InChI=1S/C20H14F4N4O2/c1-27-18-17(28(19(27)29)11-12-5-15(21)10-25-8-12)7-14(9-26-18)13-3-2-4-16(6-13)30-20(22,23)24/h2-10H,11H2,1H3. The molecule has 0 aliphatic heterocycles. The van der Waals surface area contributed by atoms with E-state index in [0.29, 0.717) is 27.9 Å². The maximum Gasteiger partial charge on any atom is 0.573 e. The lowest BCUT2D eigenvalue weighted by atomic mass is 10.1. The molecule has 3 heterocycles. The summed E-state index contributed by atoms with van der Waals surface area (Å²) in [6.45, 7) is 0.0588. The topological polar surface area (TPSA) is 61.9 Å². The molecule has 0 atom stereocenters. The zero-order chi connectivity index (χ0) is 21.5. The van der Waals surface area contributed by atoms with E-state index in [0.717, 1.165) is 6.20 Å². The zero-order valence-electron chi connectivity index (χ0n) is 15.5. The Hall–Kier alpha value is -3.69. The van der Waals surface area contributed by atoms with Crippen LogP contribution in [0.4, 0.5) is 17.6 Å². The molecular formula is C20H14F4N4O2. The lowest BCUT2D eigenvalue weighted by Gasteiger charge is -2.10. The lowest BCUT2D eigenvalue weighted by Crippen LogP contribution is -2.22. The minimum absolute atomic E-state index is 0.0588. The van der Waals surface area contributed by atoms with Crippen LogP contribution in [0.1, 0.15) is 5.56 Å². The smallest absolute Gasteiger partial charge is 0.406 e. The van der Waals surface area contributed by atoms with E-state index >= 15 is 0 Å².